The lowest BCUT2D eigenvalue weighted by molar-refractivity contribution is 0.313. The van der Waals surface area contributed by atoms with Gasteiger partial charge in [-0.05, 0) is 44.2 Å². The van der Waals surface area contributed by atoms with E-state index in [0.29, 0.717) is 17.0 Å². The number of rotatable bonds is 4. The van der Waals surface area contributed by atoms with Gasteiger partial charge in [0.1, 0.15) is 17.3 Å². The number of nitrogens with one attached hydrogen (secondary N) is 1. The van der Waals surface area contributed by atoms with Gasteiger partial charge >= 0.3 is 0 Å². The highest BCUT2D eigenvalue weighted by Crippen LogP contribution is 2.33. The summed E-state index contributed by atoms with van der Waals surface area (Å²) in [5.41, 5.74) is 2.23. The molecule has 1 N–H and O–H groups in total. The second kappa shape index (κ2) is 8.91. The lowest BCUT2D eigenvalue weighted by Crippen LogP contribution is -2.44. The first-order valence-corrected chi connectivity index (χ1v) is 12.8. The van der Waals surface area contributed by atoms with Crippen LogP contribution in [0.15, 0.2) is 35.3 Å². The second-order valence-corrected chi connectivity index (χ2v) is 10.4. The number of likely N-dealkylation sites (N-methyl/N-ethyl adjacent to an activating group) is 1. The predicted octanol–water partition coefficient (Wildman–Crippen LogP) is 3.88. The molecule has 0 atom stereocenters. The van der Waals surface area contributed by atoms with Gasteiger partial charge in [-0.25, -0.2) is 9.97 Å². The van der Waals surface area contributed by atoms with Crippen LogP contribution in [0.1, 0.15) is 37.3 Å². The van der Waals surface area contributed by atoms with Crippen molar-refractivity contribution in [1.29, 1.82) is 5.26 Å². The highest BCUT2D eigenvalue weighted by Gasteiger charge is 2.23. The molecule has 4 heterocycles. The van der Waals surface area contributed by atoms with Crippen LogP contribution in [0.3, 0.4) is 0 Å². The van der Waals surface area contributed by atoms with Crippen molar-refractivity contribution in [3.63, 3.8) is 0 Å². The Balaban J connectivity index is 1.32. The summed E-state index contributed by atoms with van der Waals surface area (Å²) in [5, 5.41) is 14.5. The molecular formula is C25H26N8OS. The smallest absolute Gasteiger partial charge is 0.270 e. The van der Waals surface area contributed by atoms with Crippen LogP contribution >= 0.6 is 11.3 Å². The van der Waals surface area contributed by atoms with Crippen molar-refractivity contribution in [2.45, 2.75) is 31.7 Å². The zero-order chi connectivity index (χ0) is 23.9. The van der Waals surface area contributed by atoms with Gasteiger partial charge < -0.3 is 15.1 Å². The van der Waals surface area contributed by atoms with E-state index in [1.165, 1.54) is 0 Å². The van der Waals surface area contributed by atoms with Crippen LogP contribution in [0.25, 0.3) is 21.3 Å². The zero-order valence-electron chi connectivity index (χ0n) is 19.6. The van der Waals surface area contributed by atoms with Crippen molar-refractivity contribution in [3.8, 4) is 6.07 Å². The van der Waals surface area contributed by atoms with Gasteiger partial charge in [0.2, 0.25) is 5.95 Å². The molecular weight excluding hydrogens is 460 g/mol. The fraction of sp³-hybridized carbons (Fsp3) is 0.400. The Morgan fingerprint density at radius 1 is 1.11 bits per heavy atom. The molecule has 10 heteroatoms. The van der Waals surface area contributed by atoms with Crippen LogP contribution in [0.2, 0.25) is 0 Å². The number of nitrogens with zero attached hydrogens (tertiary/aromatic N) is 7. The Bertz CT molecular complexity index is 1510. The summed E-state index contributed by atoms with van der Waals surface area (Å²) in [5.74, 6) is 0.419. The number of fused-ring (bicyclic) bond motifs is 2. The normalized spacial score (nSPS) is 17.3. The minimum Gasteiger partial charge on any atom is -0.345 e. The summed E-state index contributed by atoms with van der Waals surface area (Å²) in [6, 6.07) is 9.79. The number of hydrogen-bond acceptors (Lipinski definition) is 9. The molecule has 9 nitrogen and oxygen atoms in total. The highest BCUT2D eigenvalue weighted by atomic mass is 32.1. The molecule has 0 bridgehead atoms. The van der Waals surface area contributed by atoms with Crippen molar-refractivity contribution >= 4 is 49.4 Å². The van der Waals surface area contributed by atoms with Gasteiger partial charge in [0, 0.05) is 49.5 Å². The molecule has 3 aromatic heterocycles. The number of piperazine rings is 1. The van der Waals surface area contributed by atoms with Gasteiger partial charge in [-0.2, -0.15) is 10.2 Å². The summed E-state index contributed by atoms with van der Waals surface area (Å²) in [7, 11) is 2.15. The van der Waals surface area contributed by atoms with Crippen LogP contribution in [-0.4, -0.2) is 57.6 Å². The van der Waals surface area contributed by atoms with E-state index in [4.69, 9.17) is 9.97 Å². The van der Waals surface area contributed by atoms with Crippen LogP contribution in [-0.2, 0) is 0 Å². The van der Waals surface area contributed by atoms with Gasteiger partial charge in [0.05, 0.1) is 10.2 Å². The number of pyridine rings is 1. The number of benzene rings is 1. The van der Waals surface area contributed by atoms with Gasteiger partial charge in [0.25, 0.3) is 5.56 Å². The van der Waals surface area contributed by atoms with E-state index in [1.54, 1.807) is 28.2 Å². The van der Waals surface area contributed by atoms with Crippen molar-refractivity contribution in [3.05, 3.63) is 46.4 Å². The third-order valence-electron chi connectivity index (χ3n) is 6.99. The Hall–Kier alpha value is -3.55. The molecule has 1 saturated heterocycles. The van der Waals surface area contributed by atoms with E-state index < -0.39 is 0 Å². The van der Waals surface area contributed by atoms with Crippen molar-refractivity contribution in [2.24, 2.45) is 0 Å². The summed E-state index contributed by atoms with van der Waals surface area (Å²) in [4.78, 5) is 31.8. The molecule has 35 heavy (non-hydrogen) atoms. The molecule has 6 rings (SSSR count). The lowest BCUT2D eigenvalue weighted by Gasteiger charge is -2.32. The standard InChI is InChI=1S/C25H26N8OS/c1-31-8-10-32(11-9-31)25-29-20-13-18(6-7-21(20)35-25)28-24-27-15-17-12-16(14-26)23(34)33(22(17)30-24)19-4-2-3-5-19/h6-7,12-13,15,19H,2-5,8-11H2,1H3,(H,27,28,30). The first kappa shape index (κ1) is 21.9. The van der Waals surface area contributed by atoms with Gasteiger partial charge in [-0.3, -0.25) is 9.36 Å². The third-order valence-corrected chi connectivity index (χ3v) is 8.09. The molecule has 0 unspecified atom stereocenters. The van der Waals surface area contributed by atoms with Gasteiger partial charge in [-0.15, -0.1) is 0 Å². The number of thiazole rings is 1. The molecule has 4 aromatic rings. The Labute approximate surface area is 206 Å². The summed E-state index contributed by atoms with van der Waals surface area (Å²) in [6.45, 7) is 4.07. The summed E-state index contributed by atoms with van der Waals surface area (Å²) >= 11 is 1.72. The molecule has 2 aliphatic rings. The SMILES string of the molecule is CN1CCN(c2nc3cc(Nc4ncc5cc(C#N)c(=O)n(C6CCCC6)c5n4)ccc3s2)CC1. The molecule has 0 radical (unpaired) electrons. The van der Waals surface area contributed by atoms with Crippen LogP contribution < -0.4 is 15.8 Å². The molecule has 1 saturated carbocycles. The largest absolute Gasteiger partial charge is 0.345 e. The molecule has 0 amide bonds. The van der Waals surface area contributed by atoms with E-state index in [1.807, 2.05) is 18.2 Å². The zero-order valence-corrected chi connectivity index (χ0v) is 20.4. The minimum absolute atomic E-state index is 0.0698. The fourth-order valence-corrected chi connectivity index (χ4v) is 6.01. The molecule has 2 fully saturated rings. The first-order valence-electron chi connectivity index (χ1n) is 12.0. The minimum atomic E-state index is -0.267. The molecule has 1 aliphatic carbocycles. The second-order valence-electron chi connectivity index (χ2n) is 9.35. The molecule has 1 aromatic carbocycles. The maximum absolute atomic E-state index is 13.0. The summed E-state index contributed by atoms with van der Waals surface area (Å²) < 4.78 is 2.85. The first-order chi connectivity index (χ1) is 17.1. The average molecular weight is 487 g/mol. The quantitative estimate of drug-likeness (QED) is 0.464. The number of aromatic nitrogens is 4. The van der Waals surface area contributed by atoms with Gasteiger partial charge in [-0.1, -0.05) is 24.2 Å². The van der Waals surface area contributed by atoms with Crippen molar-refractivity contribution in [1.82, 2.24) is 24.4 Å². The van der Waals surface area contributed by atoms with E-state index in [0.717, 1.165) is 72.9 Å². The molecule has 0 spiro atoms. The van der Waals surface area contributed by atoms with Crippen LogP contribution in [0, 0.1) is 11.3 Å². The number of anilines is 3. The topological polar surface area (TPSA) is 103 Å². The molecule has 1 aliphatic heterocycles. The lowest BCUT2D eigenvalue weighted by atomic mass is 10.2. The van der Waals surface area contributed by atoms with Gasteiger partial charge in [0.15, 0.2) is 5.13 Å². The third kappa shape index (κ3) is 4.11. The van der Waals surface area contributed by atoms with Crippen LogP contribution in [0.5, 0.6) is 0 Å². The highest BCUT2D eigenvalue weighted by molar-refractivity contribution is 7.22. The Morgan fingerprint density at radius 2 is 1.91 bits per heavy atom. The predicted molar refractivity (Wildman–Crippen MR) is 139 cm³/mol. The maximum Gasteiger partial charge on any atom is 0.270 e. The monoisotopic (exact) mass is 486 g/mol. The number of hydrogen-bond donors (Lipinski definition) is 1. The van der Waals surface area contributed by atoms with E-state index in [-0.39, 0.29) is 17.2 Å². The Morgan fingerprint density at radius 3 is 2.69 bits per heavy atom. The Kier molecular flexibility index (Phi) is 5.59. The molecule has 178 valence electrons. The van der Waals surface area contributed by atoms with E-state index in [9.17, 15) is 10.1 Å². The number of nitriles is 1. The van der Waals surface area contributed by atoms with Crippen LogP contribution in [0.4, 0.5) is 16.8 Å². The van der Waals surface area contributed by atoms with E-state index >= 15 is 0 Å². The average Bonchev–Trinajstić information content (AvgIpc) is 3.54. The van der Waals surface area contributed by atoms with Crippen molar-refractivity contribution in [2.75, 3.05) is 43.4 Å². The summed E-state index contributed by atoms with van der Waals surface area (Å²) in [6.07, 6.45) is 5.69. The maximum atomic E-state index is 13.0. The van der Waals surface area contributed by atoms with E-state index in [2.05, 4.69) is 33.2 Å². The fourth-order valence-electron chi connectivity index (χ4n) is 5.02. The van der Waals surface area contributed by atoms with Crippen molar-refractivity contribution < 1.29 is 0 Å².